The third kappa shape index (κ3) is 3.70. The second-order valence-electron chi connectivity index (χ2n) is 3.81. The summed E-state index contributed by atoms with van der Waals surface area (Å²) in [5.74, 6) is 0.686. The number of rotatable bonds is 5. The van der Waals surface area contributed by atoms with E-state index in [9.17, 15) is 4.79 Å². The van der Waals surface area contributed by atoms with E-state index in [4.69, 9.17) is 14.9 Å². The maximum Gasteiger partial charge on any atom is 0.322 e. The van der Waals surface area contributed by atoms with Gasteiger partial charge in [0.1, 0.15) is 5.75 Å². The smallest absolute Gasteiger partial charge is 0.322 e. The second-order valence-corrected chi connectivity index (χ2v) is 3.81. The van der Waals surface area contributed by atoms with Crippen molar-refractivity contribution < 1.29 is 13.9 Å². The van der Waals surface area contributed by atoms with E-state index in [0.717, 1.165) is 0 Å². The summed E-state index contributed by atoms with van der Waals surface area (Å²) in [7, 11) is 0. The maximum atomic E-state index is 11.5. The largest absolute Gasteiger partial charge is 0.491 e. The molecule has 1 heterocycles. The fraction of sp³-hybridized carbons (Fsp3) is 0.250. The molecule has 1 aromatic heterocycles. The van der Waals surface area contributed by atoms with Crippen LogP contribution in [0.1, 0.15) is 12.3 Å². The van der Waals surface area contributed by atoms with Crippen LogP contribution in [0.3, 0.4) is 0 Å². The lowest BCUT2D eigenvalue weighted by Gasteiger charge is -2.07. The lowest BCUT2D eigenvalue weighted by atomic mass is 10.3. The minimum absolute atomic E-state index is 0.0849. The van der Waals surface area contributed by atoms with Crippen molar-refractivity contribution >= 4 is 17.6 Å². The highest BCUT2D eigenvalue weighted by molar-refractivity contribution is 5.88. The van der Waals surface area contributed by atoms with Crippen LogP contribution in [-0.2, 0) is 4.79 Å². The Bertz CT molecular complexity index is 568. The number of aryl methyl sites for hydroxylation is 1. The molecule has 19 heavy (non-hydrogen) atoms. The van der Waals surface area contributed by atoms with Crippen molar-refractivity contribution in [3.05, 3.63) is 30.2 Å². The van der Waals surface area contributed by atoms with Gasteiger partial charge in [-0.05, 0) is 12.1 Å². The Kier molecular flexibility index (Phi) is 3.97. The fourth-order valence-electron chi connectivity index (χ4n) is 1.39. The molecule has 2 rings (SSSR count). The zero-order chi connectivity index (χ0) is 13.7. The Morgan fingerprint density at radius 3 is 2.89 bits per heavy atom. The van der Waals surface area contributed by atoms with E-state index >= 15 is 0 Å². The van der Waals surface area contributed by atoms with Crippen molar-refractivity contribution in [3.8, 4) is 5.75 Å². The van der Waals surface area contributed by atoms with E-state index in [2.05, 4.69) is 15.5 Å². The number of hydrogen-bond acceptors (Lipinski definition) is 6. The molecule has 7 heteroatoms. The number of amides is 1. The van der Waals surface area contributed by atoms with E-state index in [1.807, 2.05) is 12.1 Å². The van der Waals surface area contributed by atoms with Crippen LogP contribution in [-0.4, -0.2) is 22.7 Å². The van der Waals surface area contributed by atoms with Crippen molar-refractivity contribution in [1.29, 1.82) is 0 Å². The molecule has 0 bridgehead atoms. The number of carbonyl (C=O) groups is 1. The normalized spacial score (nSPS) is 10.2. The number of benzene rings is 1. The zero-order valence-electron chi connectivity index (χ0n) is 10.4. The molecule has 0 saturated carbocycles. The maximum absolute atomic E-state index is 11.5. The highest BCUT2D eigenvalue weighted by Gasteiger charge is 2.08. The minimum atomic E-state index is -0.266. The van der Waals surface area contributed by atoms with Crippen LogP contribution in [0.25, 0.3) is 0 Å². The molecule has 2 aromatic rings. The van der Waals surface area contributed by atoms with Gasteiger partial charge in [0.25, 0.3) is 0 Å². The van der Waals surface area contributed by atoms with Crippen LogP contribution in [0.2, 0.25) is 0 Å². The number of nitrogens with two attached hydrogens (primary N) is 1. The number of hydrogen-bond donors (Lipinski definition) is 2. The summed E-state index contributed by atoms with van der Waals surface area (Å²) < 4.78 is 10.4. The summed E-state index contributed by atoms with van der Waals surface area (Å²) in [5.41, 5.74) is 6.24. The number of nitrogen functional groups attached to an aromatic ring is 1. The molecule has 1 aromatic carbocycles. The topological polar surface area (TPSA) is 103 Å². The van der Waals surface area contributed by atoms with Crippen molar-refractivity contribution in [2.75, 3.05) is 17.7 Å². The third-order valence-corrected chi connectivity index (χ3v) is 2.28. The van der Waals surface area contributed by atoms with Gasteiger partial charge in [0.15, 0.2) is 0 Å². The van der Waals surface area contributed by atoms with Gasteiger partial charge in [-0.3, -0.25) is 10.1 Å². The number of anilines is 2. The quantitative estimate of drug-likeness (QED) is 0.789. The second kappa shape index (κ2) is 5.85. The Hall–Kier alpha value is -2.57. The molecule has 0 atom stereocenters. The van der Waals surface area contributed by atoms with Gasteiger partial charge < -0.3 is 14.9 Å². The molecule has 1 amide bonds. The average Bonchev–Trinajstić information content (AvgIpc) is 2.77. The molecule has 0 fully saturated rings. The van der Waals surface area contributed by atoms with E-state index in [1.54, 1.807) is 19.1 Å². The van der Waals surface area contributed by atoms with Crippen LogP contribution in [0.15, 0.2) is 28.7 Å². The number of ether oxygens (including phenoxy) is 1. The van der Waals surface area contributed by atoms with E-state index in [0.29, 0.717) is 17.3 Å². The fourth-order valence-corrected chi connectivity index (χ4v) is 1.39. The van der Waals surface area contributed by atoms with E-state index in [-0.39, 0.29) is 24.9 Å². The van der Waals surface area contributed by atoms with Gasteiger partial charge in [0.05, 0.1) is 18.7 Å². The molecular weight excluding hydrogens is 248 g/mol. The van der Waals surface area contributed by atoms with Gasteiger partial charge in [-0.2, -0.15) is 0 Å². The van der Waals surface area contributed by atoms with Crippen LogP contribution in [0, 0.1) is 6.92 Å². The van der Waals surface area contributed by atoms with Crippen LogP contribution < -0.4 is 15.8 Å². The number of para-hydroxylation sites is 2. The lowest BCUT2D eigenvalue weighted by molar-refractivity contribution is -0.116. The standard InChI is InChI=1S/C12H14N4O3/c1-8-15-16-12(19-8)14-11(17)6-7-18-10-5-3-2-4-9(10)13/h2-5H,6-7,13H2,1H3,(H,14,16,17). The summed E-state index contributed by atoms with van der Waals surface area (Å²) in [4.78, 5) is 11.5. The van der Waals surface area contributed by atoms with Gasteiger partial charge in [-0.1, -0.05) is 17.2 Å². The molecule has 0 aliphatic heterocycles. The molecule has 0 saturated heterocycles. The molecule has 0 spiro atoms. The molecule has 0 unspecified atom stereocenters. The molecular formula is C12H14N4O3. The number of aromatic nitrogens is 2. The first kappa shape index (κ1) is 12.9. The van der Waals surface area contributed by atoms with Crippen LogP contribution >= 0.6 is 0 Å². The first-order valence-corrected chi connectivity index (χ1v) is 5.72. The first-order valence-electron chi connectivity index (χ1n) is 5.72. The van der Waals surface area contributed by atoms with Gasteiger partial charge in [0.2, 0.25) is 11.8 Å². The third-order valence-electron chi connectivity index (χ3n) is 2.28. The number of nitrogens with one attached hydrogen (secondary N) is 1. The number of carbonyl (C=O) groups excluding carboxylic acids is 1. The molecule has 0 aliphatic carbocycles. The van der Waals surface area contributed by atoms with E-state index in [1.165, 1.54) is 0 Å². The predicted molar refractivity (Wildman–Crippen MR) is 68.6 cm³/mol. The summed E-state index contributed by atoms with van der Waals surface area (Å²) >= 11 is 0. The Morgan fingerprint density at radius 2 is 2.21 bits per heavy atom. The summed E-state index contributed by atoms with van der Waals surface area (Å²) in [6.45, 7) is 1.86. The number of nitrogens with zero attached hydrogens (tertiary/aromatic N) is 2. The summed E-state index contributed by atoms with van der Waals surface area (Å²) in [6, 6.07) is 7.19. The van der Waals surface area contributed by atoms with Gasteiger partial charge in [0, 0.05) is 6.92 Å². The van der Waals surface area contributed by atoms with Gasteiger partial charge in [-0.15, -0.1) is 5.10 Å². The first-order chi connectivity index (χ1) is 9.15. The Labute approximate surface area is 109 Å². The van der Waals surface area contributed by atoms with E-state index < -0.39 is 0 Å². The average molecular weight is 262 g/mol. The van der Waals surface area contributed by atoms with Crippen molar-refractivity contribution in [2.45, 2.75) is 13.3 Å². The Morgan fingerprint density at radius 1 is 1.42 bits per heavy atom. The highest BCUT2D eigenvalue weighted by Crippen LogP contribution is 2.19. The predicted octanol–water partition coefficient (Wildman–Crippen LogP) is 1.37. The summed E-state index contributed by atoms with van der Waals surface area (Å²) in [5, 5.41) is 9.73. The van der Waals surface area contributed by atoms with Crippen molar-refractivity contribution in [1.82, 2.24) is 10.2 Å². The monoisotopic (exact) mass is 262 g/mol. The van der Waals surface area contributed by atoms with Crippen LogP contribution in [0.4, 0.5) is 11.7 Å². The zero-order valence-corrected chi connectivity index (χ0v) is 10.4. The highest BCUT2D eigenvalue weighted by atomic mass is 16.5. The lowest BCUT2D eigenvalue weighted by Crippen LogP contribution is -2.15. The van der Waals surface area contributed by atoms with Crippen LogP contribution in [0.5, 0.6) is 5.75 Å². The summed E-state index contributed by atoms with van der Waals surface area (Å²) in [6.07, 6.45) is 0.162. The molecule has 0 radical (unpaired) electrons. The van der Waals surface area contributed by atoms with Gasteiger partial charge in [-0.25, -0.2) is 0 Å². The minimum Gasteiger partial charge on any atom is -0.491 e. The van der Waals surface area contributed by atoms with Gasteiger partial charge >= 0.3 is 6.01 Å². The Balaban J connectivity index is 1.77. The molecule has 0 aliphatic rings. The van der Waals surface area contributed by atoms with Crippen molar-refractivity contribution in [2.24, 2.45) is 0 Å². The molecule has 7 nitrogen and oxygen atoms in total. The molecule has 100 valence electrons. The SMILES string of the molecule is Cc1nnc(NC(=O)CCOc2ccccc2N)o1. The van der Waals surface area contributed by atoms with Crippen molar-refractivity contribution in [3.63, 3.8) is 0 Å². The molecule has 3 N–H and O–H groups in total.